The second-order valence-corrected chi connectivity index (χ2v) is 40.7. The van der Waals surface area contributed by atoms with E-state index in [2.05, 4.69) is 555 Å². The van der Waals surface area contributed by atoms with Gasteiger partial charge in [-0.3, -0.25) is 4.98 Å². The van der Waals surface area contributed by atoms with Crippen molar-refractivity contribution in [2.75, 3.05) is 14.7 Å². The van der Waals surface area contributed by atoms with E-state index in [0.717, 1.165) is 101 Å². The van der Waals surface area contributed by atoms with Gasteiger partial charge in [-0.2, -0.15) is 0 Å². The number of hydrogen-bond acceptors (Lipinski definition) is 4. The first kappa shape index (κ1) is 89.6. The van der Waals surface area contributed by atoms with Gasteiger partial charge in [0.2, 0.25) is 0 Å². The Hall–Kier alpha value is -18.5. The molecule has 21 aromatic carbocycles. The molecule has 3 aliphatic rings. The number of rotatable bonds is 16. The smallest absolute Gasteiger partial charge is 0.123 e. The average Bonchev–Trinajstić information content (AvgIpc) is 1.62. The van der Waals surface area contributed by atoms with Gasteiger partial charge in [-0.1, -0.05) is 345 Å². The van der Waals surface area contributed by atoms with Crippen molar-refractivity contribution in [1.82, 2.24) is 18.7 Å². The molecule has 8 heteroatoms. The van der Waals surface area contributed by atoms with E-state index >= 15 is 0 Å². The molecule has 4 aromatic heterocycles. The van der Waals surface area contributed by atoms with Crippen molar-refractivity contribution in [2.24, 2.45) is 0 Å². The number of halogens is 1. The second-order valence-electron chi connectivity index (χ2n) is 40.7. The Labute approximate surface area is 862 Å². The summed E-state index contributed by atoms with van der Waals surface area (Å²) in [5.41, 5.74) is 45.4. The summed E-state index contributed by atoms with van der Waals surface area (Å²) in [6.45, 7) is 14.0. The number of anilines is 9. The van der Waals surface area contributed by atoms with Crippen molar-refractivity contribution in [3.63, 3.8) is 0 Å². The van der Waals surface area contributed by atoms with Crippen LogP contribution in [0.4, 0.5) is 55.6 Å². The van der Waals surface area contributed by atoms with Crippen molar-refractivity contribution in [3.05, 3.63) is 561 Å². The fourth-order valence-corrected chi connectivity index (χ4v) is 23.8. The number of hydrogen-bond donors (Lipinski definition) is 0. The third-order valence-corrected chi connectivity index (χ3v) is 31.1. The SMILES string of the molecule is CC1(C)c2ccccc2-c2ccc(-c3ccc(N(c4ccc(F)cc4)c4ccc5c(c4)c4ccccc4n5-c4ccccc4)cc3)cc21.CC1(C)c2ccccc2-c2ccc(-c3ccc(N(c4cccc(-c5ccccc5)c4)c4ccc5c(c4)c4ccccc4n5-c4ccccc4)cc3)cc21.CC1(C)c2ccccc2-c2ccc(-c3ccc(N(c4ccccc4)c4ccc5c(c4)c4ccccc4n5-c4ccccc4)cn3)cc21. The number of benzene rings is 21. The van der Waals surface area contributed by atoms with Crippen LogP contribution in [0, 0.1) is 5.82 Å². The van der Waals surface area contributed by atoms with E-state index in [1.165, 1.54) is 156 Å². The predicted molar refractivity (Wildman–Crippen MR) is 619 cm³/mol. The third kappa shape index (κ3) is 15.4. The Bertz CT molecular complexity index is 9410. The summed E-state index contributed by atoms with van der Waals surface area (Å²) in [5.74, 6) is -0.253. The monoisotopic (exact) mass is 1900 g/mol. The van der Waals surface area contributed by atoms with Crippen LogP contribution in [0.15, 0.2) is 522 Å². The van der Waals surface area contributed by atoms with Crippen molar-refractivity contribution < 1.29 is 4.39 Å². The van der Waals surface area contributed by atoms with Gasteiger partial charge in [-0.25, -0.2) is 4.39 Å². The molecule has 0 N–H and O–H groups in total. The van der Waals surface area contributed by atoms with Gasteiger partial charge < -0.3 is 28.4 Å². The van der Waals surface area contributed by atoms with Crippen LogP contribution < -0.4 is 14.7 Å². The molecule has 0 unspecified atom stereocenters. The summed E-state index contributed by atoms with van der Waals surface area (Å²) >= 11 is 0. The Kier molecular flexibility index (Phi) is 22.0. The molecule has 0 saturated heterocycles. The van der Waals surface area contributed by atoms with Crippen LogP contribution in [0.1, 0.15) is 74.9 Å². The molecule has 4 heterocycles. The topological polar surface area (TPSA) is 37.4 Å². The lowest BCUT2D eigenvalue weighted by Crippen LogP contribution is -2.14. The predicted octanol–water partition coefficient (Wildman–Crippen LogP) is 37.9. The van der Waals surface area contributed by atoms with Gasteiger partial charge in [-0.05, 0) is 312 Å². The zero-order chi connectivity index (χ0) is 99.5. The van der Waals surface area contributed by atoms with E-state index in [-0.39, 0.29) is 22.1 Å². The zero-order valence-electron chi connectivity index (χ0n) is 83.2. The average molecular weight is 1900 g/mol. The first-order chi connectivity index (χ1) is 72.6. The highest BCUT2D eigenvalue weighted by atomic mass is 19.1. The summed E-state index contributed by atoms with van der Waals surface area (Å²) in [7, 11) is 0. The third-order valence-electron chi connectivity index (χ3n) is 31.1. The highest BCUT2D eigenvalue weighted by Gasteiger charge is 2.39. The van der Waals surface area contributed by atoms with Crippen LogP contribution >= 0.6 is 0 Å². The maximum Gasteiger partial charge on any atom is 0.123 e. The number of nitrogens with zero attached hydrogens (tertiary/aromatic N) is 7. The minimum atomic E-state index is -0.253. The van der Waals surface area contributed by atoms with E-state index in [4.69, 9.17) is 4.98 Å². The van der Waals surface area contributed by atoms with Gasteiger partial charge in [0.15, 0.2) is 0 Å². The fraction of sp³-hybridized carbons (Fsp3) is 0.0643. The molecule has 0 saturated carbocycles. The molecular formula is C140H104FN7. The first-order valence-electron chi connectivity index (χ1n) is 51.1. The summed E-state index contributed by atoms with van der Waals surface area (Å²) in [4.78, 5) is 12.0. The molecular weight excluding hydrogens is 1800 g/mol. The number of para-hydroxylation sites is 7. The van der Waals surface area contributed by atoms with Crippen molar-refractivity contribution in [2.45, 2.75) is 57.8 Å². The number of pyridine rings is 1. The minimum Gasteiger partial charge on any atom is -0.310 e. The largest absolute Gasteiger partial charge is 0.310 e. The standard InChI is InChI=1S/C51H38N2.C45H33FN2.C44H33N3/c1-51(2)47-22-11-9-20-43(47)44-30-26-38(33-48(44)51)36-24-27-40(28-25-36)52(41-19-13-16-37(32-41)35-14-5-3-6-15-35)42-29-31-50-46(34-42)45-21-10-12-23-49(45)53(50)39-17-7-4-8-18-39;1-45(2)41-14-8-6-12-37(41)38-26-18-31(28-42(38)45)30-16-21-34(22-17-30)47(35-23-19-32(46)20-24-35)36-25-27-44-40(29-36)39-13-7-9-15-43(39)48(44)33-10-4-3-5-11-33;1-44(2)39-19-11-9-17-35(39)36-24-21-30(27-40(36)44)41-25-22-34(29-45-41)46(31-13-5-3-6-14-31)33-23-26-43-38(28-33)37-18-10-12-20-42(37)47(43)32-15-7-4-8-16-32/h3-34H,1-2H3;3-29H,1-2H3;3-29H,1-2H3. The van der Waals surface area contributed by atoms with Crippen LogP contribution in [0.2, 0.25) is 0 Å². The zero-order valence-corrected chi connectivity index (χ0v) is 83.2. The van der Waals surface area contributed by atoms with E-state index < -0.39 is 0 Å². The summed E-state index contributed by atoms with van der Waals surface area (Å²) in [6, 6.07) is 184. The lowest BCUT2D eigenvalue weighted by atomic mass is 9.81. The minimum absolute atomic E-state index is 0.0370. The lowest BCUT2D eigenvalue weighted by molar-refractivity contribution is 0.628. The molecule has 0 atom stereocenters. The van der Waals surface area contributed by atoms with Gasteiger partial charge >= 0.3 is 0 Å². The highest BCUT2D eigenvalue weighted by Crippen LogP contribution is 2.55. The quantitative estimate of drug-likeness (QED) is 0.0966. The molecule has 25 aromatic rings. The van der Waals surface area contributed by atoms with E-state index in [1.54, 1.807) is 0 Å². The molecule has 706 valence electrons. The summed E-state index contributed by atoms with van der Waals surface area (Å²) < 4.78 is 21.2. The van der Waals surface area contributed by atoms with Crippen LogP contribution in [0.5, 0.6) is 0 Å². The van der Waals surface area contributed by atoms with Crippen LogP contribution in [-0.4, -0.2) is 18.7 Å². The molecule has 0 spiro atoms. The summed E-state index contributed by atoms with van der Waals surface area (Å²) in [6.07, 6.45) is 2.01. The second kappa shape index (κ2) is 36.4. The molecule has 0 bridgehead atoms. The molecule has 28 rings (SSSR count). The highest BCUT2D eigenvalue weighted by molar-refractivity contribution is 6.14. The molecule has 0 amide bonds. The van der Waals surface area contributed by atoms with Crippen molar-refractivity contribution in [1.29, 1.82) is 0 Å². The molecule has 0 fully saturated rings. The molecule has 3 aliphatic carbocycles. The lowest BCUT2D eigenvalue weighted by Gasteiger charge is -2.26. The van der Waals surface area contributed by atoms with Crippen LogP contribution in [0.3, 0.4) is 0 Å². The maximum absolute atomic E-state index is 14.2. The Balaban J connectivity index is 0.000000113. The van der Waals surface area contributed by atoms with Gasteiger partial charge in [-0.15, -0.1) is 0 Å². The molecule has 0 aliphatic heterocycles. The van der Waals surface area contributed by atoms with Gasteiger partial charge in [0, 0.05) is 117 Å². The Morgan fingerprint density at radius 2 is 0.446 bits per heavy atom. The van der Waals surface area contributed by atoms with Crippen LogP contribution in [-0.2, 0) is 16.2 Å². The number of fused-ring (bicyclic) bond motifs is 18. The van der Waals surface area contributed by atoms with Crippen molar-refractivity contribution in [3.8, 4) is 95.1 Å². The van der Waals surface area contributed by atoms with Gasteiger partial charge in [0.1, 0.15) is 5.82 Å². The van der Waals surface area contributed by atoms with Gasteiger partial charge in [0.25, 0.3) is 0 Å². The number of aromatic nitrogens is 4. The van der Waals surface area contributed by atoms with E-state index in [9.17, 15) is 4.39 Å². The first-order valence-corrected chi connectivity index (χ1v) is 51.1. The summed E-state index contributed by atoms with van der Waals surface area (Å²) in [5, 5.41) is 7.27. The normalized spacial score (nSPS) is 13.0. The Morgan fingerprint density at radius 1 is 0.182 bits per heavy atom. The van der Waals surface area contributed by atoms with E-state index in [0.29, 0.717) is 0 Å². The molecule has 0 radical (unpaired) electrons. The fourth-order valence-electron chi connectivity index (χ4n) is 23.8. The Morgan fingerprint density at radius 3 is 0.845 bits per heavy atom. The van der Waals surface area contributed by atoms with Crippen LogP contribution in [0.25, 0.3) is 160 Å². The van der Waals surface area contributed by atoms with Crippen molar-refractivity contribution >= 4 is 117 Å². The maximum atomic E-state index is 14.2. The molecule has 7 nitrogen and oxygen atoms in total. The van der Waals surface area contributed by atoms with E-state index in [1.807, 2.05) is 24.4 Å². The molecule has 148 heavy (non-hydrogen) atoms. The van der Waals surface area contributed by atoms with Gasteiger partial charge in [0.05, 0.1) is 50.7 Å².